The quantitative estimate of drug-likeness (QED) is 0.259. The van der Waals surface area contributed by atoms with E-state index in [1.54, 1.807) is 0 Å². The third kappa shape index (κ3) is 3.93. The molecular formula is C31H26Cl2N4+2. The van der Waals surface area contributed by atoms with E-state index in [0.717, 1.165) is 32.8 Å². The Labute approximate surface area is 227 Å². The lowest BCUT2D eigenvalue weighted by Gasteiger charge is -2.34. The third-order valence-corrected chi connectivity index (χ3v) is 7.74. The SMILES string of the molecule is CN(c1ccc(Cl)cc1)c1cc[n+](C2([n+]3ccc(N(C)c4ccc(Cl)cc4)cc3)c3cccc2c3)cc1. The summed E-state index contributed by atoms with van der Waals surface area (Å²) in [6.45, 7) is 0. The summed E-state index contributed by atoms with van der Waals surface area (Å²) in [6.07, 6.45) is 17.4. The van der Waals surface area contributed by atoms with Gasteiger partial charge in [-0.3, -0.25) is 0 Å². The molecule has 4 aromatic rings. The van der Waals surface area contributed by atoms with Gasteiger partial charge in [0.1, 0.15) is 11.1 Å². The fraction of sp³-hybridized carbons (Fsp3) is 0.0968. The van der Waals surface area contributed by atoms with Crippen LogP contribution in [-0.4, -0.2) is 14.1 Å². The first-order valence-corrected chi connectivity index (χ1v) is 12.9. The molecule has 37 heavy (non-hydrogen) atoms. The van der Waals surface area contributed by atoms with Crippen LogP contribution in [0.2, 0.25) is 10.0 Å². The van der Waals surface area contributed by atoms with Crippen LogP contribution in [0.15, 0.2) is 133 Å². The first-order valence-electron chi connectivity index (χ1n) is 12.1. The Morgan fingerprint density at radius 1 is 0.568 bits per heavy atom. The number of rotatable bonds is 6. The number of nitrogens with zero attached hydrogens (tertiary/aromatic N) is 4. The van der Waals surface area contributed by atoms with Crippen LogP contribution in [-0.2, 0) is 5.66 Å². The van der Waals surface area contributed by atoms with Gasteiger partial charge in [-0.15, -0.1) is 9.13 Å². The zero-order chi connectivity index (χ0) is 25.6. The molecule has 2 bridgehead atoms. The molecule has 2 heterocycles. The molecule has 0 N–H and O–H groups in total. The lowest BCUT2D eigenvalue weighted by molar-refractivity contribution is -0.975. The van der Waals surface area contributed by atoms with Crippen molar-refractivity contribution in [2.75, 3.05) is 23.9 Å². The summed E-state index contributed by atoms with van der Waals surface area (Å²) in [5.41, 5.74) is 6.45. The van der Waals surface area contributed by atoms with Crippen molar-refractivity contribution in [3.8, 4) is 0 Å². The Kier molecular flexibility index (Phi) is 5.86. The summed E-state index contributed by atoms with van der Waals surface area (Å²) in [4.78, 5) is 4.31. The van der Waals surface area contributed by atoms with Crippen LogP contribution in [0.3, 0.4) is 0 Å². The van der Waals surface area contributed by atoms with Gasteiger partial charge in [0.2, 0.25) is 0 Å². The molecule has 0 fully saturated rings. The number of hydrogen-bond acceptors (Lipinski definition) is 2. The Bertz CT molecular complexity index is 1430. The minimum Gasteiger partial charge on any atom is -0.344 e. The molecule has 0 spiro atoms. The zero-order valence-corrected chi connectivity index (χ0v) is 22.1. The first-order chi connectivity index (χ1) is 18.0. The normalized spacial score (nSPS) is 14.9. The van der Waals surface area contributed by atoms with E-state index in [2.05, 4.69) is 106 Å². The van der Waals surface area contributed by atoms with Gasteiger partial charge in [-0.1, -0.05) is 29.3 Å². The monoisotopic (exact) mass is 524 g/mol. The van der Waals surface area contributed by atoms with E-state index in [4.69, 9.17) is 23.2 Å². The second-order valence-electron chi connectivity index (χ2n) is 9.25. The van der Waals surface area contributed by atoms with Crippen molar-refractivity contribution in [3.05, 3.63) is 143 Å². The van der Waals surface area contributed by atoms with Crippen LogP contribution in [0, 0.1) is 0 Å². The summed E-state index contributed by atoms with van der Waals surface area (Å²) in [6, 6.07) is 24.4. The highest BCUT2D eigenvalue weighted by atomic mass is 35.5. The van der Waals surface area contributed by atoms with Crippen molar-refractivity contribution in [2.45, 2.75) is 5.66 Å². The van der Waals surface area contributed by atoms with E-state index in [1.165, 1.54) is 11.1 Å². The number of anilines is 4. The van der Waals surface area contributed by atoms with Gasteiger partial charge in [0.15, 0.2) is 24.8 Å². The van der Waals surface area contributed by atoms with Crippen LogP contribution in [0.1, 0.15) is 0 Å². The van der Waals surface area contributed by atoms with Gasteiger partial charge in [0.25, 0.3) is 0 Å². The number of fused-ring (bicyclic) bond motifs is 2. The Hall–Kier alpha value is -3.86. The van der Waals surface area contributed by atoms with Gasteiger partial charge >= 0.3 is 5.66 Å². The van der Waals surface area contributed by atoms with Crippen LogP contribution < -0.4 is 18.9 Å². The van der Waals surface area contributed by atoms with Gasteiger partial charge in [0, 0.05) is 59.8 Å². The maximum atomic E-state index is 6.08. The van der Waals surface area contributed by atoms with Crippen LogP contribution in [0.4, 0.5) is 22.7 Å². The zero-order valence-electron chi connectivity index (χ0n) is 20.6. The van der Waals surface area contributed by atoms with E-state index in [-0.39, 0.29) is 0 Å². The first kappa shape index (κ1) is 23.5. The number of aromatic nitrogens is 2. The molecule has 0 saturated heterocycles. The largest absolute Gasteiger partial charge is 0.414 e. The minimum absolute atomic E-state index is 0.413. The maximum Gasteiger partial charge on any atom is 0.414 e. The molecule has 0 atom stereocenters. The molecule has 0 radical (unpaired) electrons. The highest BCUT2D eigenvalue weighted by Gasteiger charge is 2.62. The van der Waals surface area contributed by atoms with Gasteiger partial charge < -0.3 is 9.80 Å². The smallest absolute Gasteiger partial charge is 0.344 e. The van der Waals surface area contributed by atoms with Crippen LogP contribution in [0.5, 0.6) is 0 Å². The molecule has 0 saturated carbocycles. The number of allylic oxidation sites excluding steroid dienone is 6. The van der Waals surface area contributed by atoms with Gasteiger partial charge in [-0.05, 0) is 66.8 Å². The van der Waals surface area contributed by atoms with E-state index in [1.807, 2.05) is 48.5 Å². The van der Waals surface area contributed by atoms with Gasteiger partial charge in [-0.2, -0.15) is 0 Å². The van der Waals surface area contributed by atoms with Crippen molar-refractivity contribution < 1.29 is 9.13 Å². The van der Waals surface area contributed by atoms with E-state index < -0.39 is 5.66 Å². The lowest BCUT2D eigenvalue weighted by atomic mass is 9.74. The molecule has 6 heteroatoms. The van der Waals surface area contributed by atoms with E-state index >= 15 is 0 Å². The average molecular weight is 525 g/mol. The van der Waals surface area contributed by atoms with Crippen LogP contribution in [0.25, 0.3) is 0 Å². The van der Waals surface area contributed by atoms with Gasteiger partial charge in [-0.25, -0.2) is 0 Å². The lowest BCUT2D eigenvalue weighted by Crippen LogP contribution is -2.77. The van der Waals surface area contributed by atoms with E-state index in [9.17, 15) is 0 Å². The van der Waals surface area contributed by atoms with Crippen molar-refractivity contribution in [3.63, 3.8) is 0 Å². The molecule has 2 aliphatic carbocycles. The van der Waals surface area contributed by atoms with Crippen molar-refractivity contribution >= 4 is 46.0 Å². The summed E-state index contributed by atoms with van der Waals surface area (Å²) < 4.78 is 4.55. The molecule has 2 aliphatic rings. The maximum absolute atomic E-state index is 6.08. The molecule has 0 amide bonds. The molecule has 0 unspecified atom stereocenters. The second-order valence-corrected chi connectivity index (χ2v) is 10.1. The predicted molar refractivity (Wildman–Crippen MR) is 151 cm³/mol. The number of benzene rings is 2. The molecule has 182 valence electrons. The number of pyridine rings is 2. The molecule has 6 rings (SSSR count). The van der Waals surface area contributed by atoms with Gasteiger partial charge in [0.05, 0.1) is 11.4 Å². The highest BCUT2D eigenvalue weighted by molar-refractivity contribution is 6.30. The van der Waals surface area contributed by atoms with Crippen molar-refractivity contribution in [2.24, 2.45) is 0 Å². The molecule has 2 aromatic heterocycles. The minimum atomic E-state index is -0.413. The molecule has 4 nitrogen and oxygen atoms in total. The fourth-order valence-corrected chi connectivity index (χ4v) is 5.37. The summed E-state index contributed by atoms with van der Waals surface area (Å²) in [5, 5.41) is 1.47. The number of hydrogen-bond donors (Lipinski definition) is 0. The van der Waals surface area contributed by atoms with Crippen molar-refractivity contribution in [1.29, 1.82) is 0 Å². The summed E-state index contributed by atoms with van der Waals surface area (Å²) in [5.74, 6) is 0. The van der Waals surface area contributed by atoms with Crippen LogP contribution >= 0.6 is 23.2 Å². The average Bonchev–Trinajstić information content (AvgIpc) is 2.94. The Balaban J connectivity index is 1.33. The van der Waals surface area contributed by atoms with E-state index in [0.29, 0.717) is 0 Å². The number of halogens is 2. The van der Waals surface area contributed by atoms with Crippen molar-refractivity contribution in [1.82, 2.24) is 0 Å². The Morgan fingerprint density at radius 3 is 1.32 bits per heavy atom. The highest BCUT2D eigenvalue weighted by Crippen LogP contribution is 2.41. The standard InChI is InChI=1S/C31H26Cl2N4/c1-34(27-10-6-25(32)7-11-27)29-14-18-36(19-15-29)31(23-4-3-5-24(31)22-23)37-20-16-30(17-21-37)35(2)28-12-8-26(33)9-13-28/h3-22H,1-2H3/q+2. The predicted octanol–water partition coefficient (Wildman–Crippen LogP) is 6.74. The summed E-state index contributed by atoms with van der Waals surface area (Å²) >= 11 is 12.2. The fourth-order valence-electron chi connectivity index (χ4n) is 5.11. The second kappa shape index (κ2) is 9.22. The molecular weight excluding hydrogens is 499 g/mol. The molecule has 2 aromatic carbocycles. The summed E-state index contributed by atoms with van der Waals surface area (Å²) in [7, 11) is 4.13. The Morgan fingerprint density at radius 2 is 0.973 bits per heavy atom. The third-order valence-electron chi connectivity index (χ3n) is 7.24. The topological polar surface area (TPSA) is 14.2 Å². The molecule has 0 aliphatic heterocycles.